The second kappa shape index (κ2) is 4.21. The molecule has 1 aliphatic carbocycles. The van der Waals surface area contributed by atoms with Crippen LogP contribution in [0.3, 0.4) is 0 Å². The number of hydrogen-bond donors (Lipinski definition) is 0. The molecule has 92 valence electrons. The van der Waals surface area contributed by atoms with E-state index < -0.39 is 5.97 Å². The summed E-state index contributed by atoms with van der Waals surface area (Å²) in [7, 11) is 1.30. The third kappa shape index (κ3) is 1.75. The number of ether oxygens (including phenoxy) is 1. The molecule has 6 heteroatoms. The quantitative estimate of drug-likeness (QED) is 0.735. The summed E-state index contributed by atoms with van der Waals surface area (Å²) in [5.41, 5.74) is 2.41. The monoisotopic (exact) mass is 244 g/mol. The lowest BCUT2D eigenvalue weighted by Crippen LogP contribution is -2.06. The Morgan fingerprint density at radius 3 is 3.11 bits per heavy atom. The summed E-state index contributed by atoms with van der Waals surface area (Å²) in [6.45, 7) is 0. The number of methoxy groups -OCH3 is 1. The van der Waals surface area contributed by atoms with Gasteiger partial charge in [-0.2, -0.15) is 0 Å². The molecule has 0 saturated heterocycles. The van der Waals surface area contributed by atoms with Crippen LogP contribution >= 0.6 is 0 Å². The van der Waals surface area contributed by atoms with Gasteiger partial charge in [0, 0.05) is 5.69 Å². The first-order valence-corrected chi connectivity index (χ1v) is 5.77. The highest BCUT2D eigenvalue weighted by Gasteiger charge is 2.15. The van der Waals surface area contributed by atoms with Crippen LogP contribution in [0.5, 0.6) is 0 Å². The highest BCUT2D eigenvalue weighted by Crippen LogP contribution is 2.20. The van der Waals surface area contributed by atoms with Crippen LogP contribution in [0.15, 0.2) is 18.5 Å². The van der Waals surface area contributed by atoms with Crippen molar-refractivity contribution in [2.24, 2.45) is 0 Å². The molecule has 2 aromatic rings. The fraction of sp³-hybridized carbons (Fsp3) is 0.333. The van der Waals surface area contributed by atoms with Crippen molar-refractivity contribution < 1.29 is 9.53 Å². The van der Waals surface area contributed by atoms with Crippen molar-refractivity contribution in [3.8, 4) is 5.82 Å². The first kappa shape index (κ1) is 10.9. The molecule has 0 atom stereocenters. The Labute approximate surface area is 104 Å². The molecule has 0 aliphatic heterocycles. The maximum absolute atomic E-state index is 11.3. The topological polar surface area (TPSA) is 69.9 Å². The number of rotatable bonds is 2. The molecule has 1 aliphatic rings. The van der Waals surface area contributed by atoms with E-state index in [9.17, 15) is 4.79 Å². The van der Waals surface area contributed by atoms with Gasteiger partial charge in [-0.05, 0) is 30.9 Å². The maximum Gasteiger partial charge on any atom is 0.377 e. The van der Waals surface area contributed by atoms with Gasteiger partial charge in [-0.1, -0.05) is 6.07 Å². The third-order valence-corrected chi connectivity index (χ3v) is 3.01. The number of hydrogen-bond acceptors (Lipinski definition) is 5. The molecular weight excluding hydrogens is 232 g/mol. The van der Waals surface area contributed by atoms with Crippen LogP contribution in [-0.4, -0.2) is 32.8 Å². The fourth-order valence-electron chi connectivity index (χ4n) is 2.09. The van der Waals surface area contributed by atoms with Gasteiger partial charge in [0.05, 0.1) is 7.11 Å². The molecule has 6 nitrogen and oxygen atoms in total. The first-order valence-electron chi connectivity index (χ1n) is 5.77. The van der Waals surface area contributed by atoms with Gasteiger partial charge in [0.2, 0.25) is 0 Å². The predicted molar refractivity (Wildman–Crippen MR) is 62.5 cm³/mol. The maximum atomic E-state index is 11.3. The Kier molecular flexibility index (Phi) is 2.55. The number of fused-ring (bicyclic) bond motifs is 1. The summed E-state index contributed by atoms with van der Waals surface area (Å²) < 4.78 is 6.05. The van der Waals surface area contributed by atoms with Gasteiger partial charge in [-0.3, -0.25) is 0 Å². The van der Waals surface area contributed by atoms with Crippen LogP contribution in [0.25, 0.3) is 5.82 Å². The van der Waals surface area contributed by atoms with Gasteiger partial charge in [-0.15, -0.1) is 5.10 Å². The first-order chi connectivity index (χ1) is 8.78. The molecule has 0 spiro atoms. The van der Waals surface area contributed by atoms with Crippen LogP contribution in [-0.2, 0) is 17.6 Å². The van der Waals surface area contributed by atoms with Crippen LogP contribution in [0.2, 0.25) is 0 Å². The van der Waals surface area contributed by atoms with Gasteiger partial charge >= 0.3 is 5.97 Å². The second-order valence-corrected chi connectivity index (χ2v) is 4.13. The van der Waals surface area contributed by atoms with Crippen molar-refractivity contribution in [2.75, 3.05) is 7.11 Å². The van der Waals surface area contributed by atoms with Gasteiger partial charge in [0.1, 0.15) is 6.33 Å². The number of aryl methyl sites for hydroxylation is 2. The minimum Gasteiger partial charge on any atom is -0.463 e. The van der Waals surface area contributed by atoms with Crippen LogP contribution in [0, 0.1) is 0 Å². The van der Waals surface area contributed by atoms with E-state index in [1.54, 1.807) is 0 Å². The van der Waals surface area contributed by atoms with Gasteiger partial charge in [-0.25, -0.2) is 19.4 Å². The number of pyridine rings is 1. The summed E-state index contributed by atoms with van der Waals surface area (Å²) in [6.07, 6.45) is 4.71. The number of aromatic nitrogens is 4. The molecule has 0 amide bonds. The minimum absolute atomic E-state index is 0.0415. The Morgan fingerprint density at radius 2 is 2.28 bits per heavy atom. The van der Waals surface area contributed by atoms with Crippen LogP contribution < -0.4 is 0 Å². The molecule has 18 heavy (non-hydrogen) atoms. The molecular formula is C12H12N4O2. The zero-order chi connectivity index (χ0) is 12.5. The summed E-state index contributed by atoms with van der Waals surface area (Å²) in [6, 6.07) is 3.95. The second-order valence-electron chi connectivity index (χ2n) is 4.13. The average molecular weight is 244 g/mol. The van der Waals surface area contributed by atoms with Crippen molar-refractivity contribution in [1.29, 1.82) is 0 Å². The highest BCUT2D eigenvalue weighted by atomic mass is 16.5. The molecule has 0 saturated carbocycles. The number of nitrogens with zero attached hydrogens (tertiary/aromatic N) is 4. The number of carbonyl (C=O) groups is 1. The van der Waals surface area contributed by atoms with Gasteiger partial charge in [0.25, 0.3) is 5.82 Å². The third-order valence-electron chi connectivity index (χ3n) is 3.01. The van der Waals surface area contributed by atoms with E-state index in [0.29, 0.717) is 5.82 Å². The summed E-state index contributed by atoms with van der Waals surface area (Å²) >= 11 is 0. The molecule has 2 aromatic heterocycles. The molecule has 0 unspecified atom stereocenters. The van der Waals surface area contributed by atoms with Crippen LogP contribution in [0.1, 0.15) is 28.3 Å². The number of esters is 1. The Bertz CT molecular complexity index is 606. The average Bonchev–Trinajstić information content (AvgIpc) is 3.05. The smallest absolute Gasteiger partial charge is 0.377 e. The Hall–Kier alpha value is -2.24. The zero-order valence-electron chi connectivity index (χ0n) is 9.96. The normalized spacial score (nSPS) is 13.4. The van der Waals surface area contributed by atoms with Crippen molar-refractivity contribution in [1.82, 2.24) is 19.7 Å². The SMILES string of the molecule is COC(=O)c1ncn(-c2ccc3c(n2)CCC3)n1. The molecule has 0 bridgehead atoms. The molecule has 0 fully saturated rings. The van der Waals surface area contributed by atoms with E-state index in [0.717, 1.165) is 25.0 Å². The predicted octanol–water partition coefficient (Wildman–Crippen LogP) is 0.938. The molecule has 3 rings (SSSR count). The largest absolute Gasteiger partial charge is 0.463 e. The molecule has 0 aromatic carbocycles. The van der Waals surface area contributed by atoms with E-state index in [4.69, 9.17) is 0 Å². The van der Waals surface area contributed by atoms with Crippen molar-refractivity contribution in [3.63, 3.8) is 0 Å². The lowest BCUT2D eigenvalue weighted by Gasteiger charge is -2.02. The van der Waals surface area contributed by atoms with E-state index in [2.05, 4.69) is 25.9 Å². The van der Waals surface area contributed by atoms with E-state index in [1.807, 2.05) is 6.07 Å². The van der Waals surface area contributed by atoms with Crippen molar-refractivity contribution in [3.05, 3.63) is 35.5 Å². The molecule has 0 N–H and O–H groups in total. The Morgan fingerprint density at radius 1 is 1.39 bits per heavy atom. The van der Waals surface area contributed by atoms with Gasteiger partial charge in [0.15, 0.2) is 5.82 Å². The van der Waals surface area contributed by atoms with Crippen LogP contribution in [0.4, 0.5) is 0 Å². The molecule has 2 heterocycles. The molecule has 0 radical (unpaired) electrons. The Balaban J connectivity index is 1.95. The lowest BCUT2D eigenvalue weighted by atomic mass is 10.2. The number of carbonyl (C=O) groups excluding carboxylic acids is 1. The van der Waals surface area contributed by atoms with E-state index >= 15 is 0 Å². The van der Waals surface area contributed by atoms with Gasteiger partial charge < -0.3 is 4.74 Å². The van der Waals surface area contributed by atoms with E-state index in [1.165, 1.54) is 23.7 Å². The fourth-order valence-corrected chi connectivity index (χ4v) is 2.09. The van der Waals surface area contributed by atoms with Crippen molar-refractivity contribution >= 4 is 5.97 Å². The summed E-state index contributed by atoms with van der Waals surface area (Å²) in [5, 5.41) is 4.05. The standard InChI is InChI=1S/C12H12N4O2/c1-18-12(17)11-13-7-16(15-11)10-6-5-8-3-2-4-9(8)14-10/h5-7H,2-4H2,1H3. The van der Waals surface area contributed by atoms with Crippen molar-refractivity contribution in [2.45, 2.75) is 19.3 Å². The minimum atomic E-state index is -0.546. The van der Waals surface area contributed by atoms with E-state index in [-0.39, 0.29) is 5.82 Å². The lowest BCUT2D eigenvalue weighted by molar-refractivity contribution is 0.0587. The summed E-state index contributed by atoms with van der Waals surface area (Å²) in [5.74, 6) is 0.174. The summed E-state index contributed by atoms with van der Waals surface area (Å²) in [4.78, 5) is 19.7. The highest BCUT2D eigenvalue weighted by molar-refractivity contribution is 5.84. The zero-order valence-corrected chi connectivity index (χ0v) is 9.96.